The van der Waals surface area contributed by atoms with E-state index in [1.807, 2.05) is 13.8 Å². The maximum absolute atomic E-state index is 12.5. The van der Waals surface area contributed by atoms with Crippen molar-refractivity contribution in [3.63, 3.8) is 0 Å². The second kappa shape index (κ2) is 10.6. The minimum atomic E-state index is -3.47. The zero-order chi connectivity index (χ0) is 20.6. The second-order valence-electron chi connectivity index (χ2n) is 7.05. The molecule has 1 N–H and O–H groups in total. The van der Waals surface area contributed by atoms with Crippen LogP contribution in [0.1, 0.15) is 50.1 Å². The summed E-state index contributed by atoms with van der Waals surface area (Å²) < 4.78 is 31.6. The first-order chi connectivity index (χ1) is 13.4. The Morgan fingerprint density at radius 1 is 1.14 bits per heavy atom. The molecule has 1 saturated heterocycles. The van der Waals surface area contributed by atoms with Crippen LogP contribution in [0.25, 0.3) is 0 Å². The van der Waals surface area contributed by atoms with Crippen LogP contribution in [0.15, 0.2) is 22.8 Å². The van der Waals surface area contributed by atoms with Crippen LogP contribution in [0.5, 0.6) is 0 Å². The Kier molecular flexibility index (Phi) is 8.50. The molecule has 2 amide bonds. The SMILES string of the molecule is CCCC(CCC)C(=O)NCCS(=O)(=O)N1CCN(C(=O)c2ccco2)CC1. The Balaban J connectivity index is 1.79. The highest BCUT2D eigenvalue weighted by Gasteiger charge is 2.30. The van der Waals surface area contributed by atoms with Crippen LogP contribution in [0, 0.1) is 5.92 Å². The highest BCUT2D eigenvalue weighted by molar-refractivity contribution is 7.89. The molecule has 28 heavy (non-hydrogen) atoms. The van der Waals surface area contributed by atoms with Crippen LogP contribution in [-0.4, -0.2) is 67.9 Å². The van der Waals surface area contributed by atoms with Crippen LogP contribution in [0.2, 0.25) is 0 Å². The van der Waals surface area contributed by atoms with Gasteiger partial charge in [0.1, 0.15) is 0 Å². The van der Waals surface area contributed by atoms with Gasteiger partial charge < -0.3 is 14.6 Å². The summed E-state index contributed by atoms with van der Waals surface area (Å²) in [6.45, 7) is 5.32. The van der Waals surface area contributed by atoms with Crippen molar-refractivity contribution in [2.45, 2.75) is 39.5 Å². The van der Waals surface area contributed by atoms with Gasteiger partial charge in [-0.2, -0.15) is 4.31 Å². The fourth-order valence-corrected chi connectivity index (χ4v) is 4.74. The van der Waals surface area contributed by atoms with Crippen molar-refractivity contribution in [3.8, 4) is 0 Å². The summed E-state index contributed by atoms with van der Waals surface area (Å²) in [6, 6.07) is 3.24. The molecule has 0 bridgehead atoms. The molecule has 1 aromatic rings. The number of furan rings is 1. The van der Waals surface area contributed by atoms with E-state index in [1.165, 1.54) is 10.6 Å². The Morgan fingerprint density at radius 3 is 2.32 bits per heavy atom. The fourth-order valence-electron chi connectivity index (χ4n) is 3.41. The first-order valence-electron chi connectivity index (χ1n) is 9.97. The number of hydrogen-bond acceptors (Lipinski definition) is 5. The number of nitrogens with one attached hydrogen (secondary N) is 1. The molecule has 2 heterocycles. The molecule has 1 aliphatic heterocycles. The number of carbonyl (C=O) groups is 2. The van der Waals surface area contributed by atoms with Crippen molar-refractivity contribution >= 4 is 21.8 Å². The van der Waals surface area contributed by atoms with Gasteiger partial charge in [-0.05, 0) is 25.0 Å². The zero-order valence-corrected chi connectivity index (χ0v) is 17.5. The molecule has 0 saturated carbocycles. The number of carbonyl (C=O) groups excluding carboxylic acids is 2. The molecule has 1 fully saturated rings. The van der Waals surface area contributed by atoms with Gasteiger partial charge in [-0.3, -0.25) is 9.59 Å². The van der Waals surface area contributed by atoms with Crippen LogP contribution in [0.3, 0.4) is 0 Å². The van der Waals surface area contributed by atoms with Crippen molar-refractivity contribution in [1.82, 2.24) is 14.5 Å². The van der Waals surface area contributed by atoms with E-state index in [-0.39, 0.29) is 48.9 Å². The Bertz CT molecular complexity index is 719. The molecule has 8 nitrogen and oxygen atoms in total. The van der Waals surface area contributed by atoms with Crippen molar-refractivity contribution in [3.05, 3.63) is 24.2 Å². The van der Waals surface area contributed by atoms with E-state index in [1.54, 1.807) is 17.0 Å². The maximum Gasteiger partial charge on any atom is 0.289 e. The monoisotopic (exact) mass is 413 g/mol. The van der Waals surface area contributed by atoms with Gasteiger partial charge in [-0.1, -0.05) is 26.7 Å². The molecule has 0 unspecified atom stereocenters. The molecule has 2 rings (SSSR count). The molecule has 0 atom stereocenters. The molecule has 0 aliphatic carbocycles. The molecule has 158 valence electrons. The number of amides is 2. The van der Waals surface area contributed by atoms with E-state index < -0.39 is 10.0 Å². The smallest absolute Gasteiger partial charge is 0.289 e. The lowest BCUT2D eigenvalue weighted by molar-refractivity contribution is -0.125. The van der Waals surface area contributed by atoms with E-state index in [9.17, 15) is 18.0 Å². The molecular weight excluding hydrogens is 382 g/mol. The lowest BCUT2D eigenvalue weighted by Crippen LogP contribution is -2.51. The third-order valence-electron chi connectivity index (χ3n) is 4.96. The van der Waals surface area contributed by atoms with E-state index in [0.29, 0.717) is 13.1 Å². The second-order valence-corrected chi connectivity index (χ2v) is 9.14. The Labute approximate surface area is 167 Å². The molecular formula is C19H31N3O5S. The summed E-state index contributed by atoms with van der Waals surface area (Å²) >= 11 is 0. The summed E-state index contributed by atoms with van der Waals surface area (Å²) in [4.78, 5) is 26.1. The van der Waals surface area contributed by atoms with Crippen LogP contribution in [0.4, 0.5) is 0 Å². The summed E-state index contributed by atoms with van der Waals surface area (Å²) in [5.74, 6) is -0.211. The van der Waals surface area contributed by atoms with Crippen LogP contribution in [-0.2, 0) is 14.8 Å². The zero-order valence-electron chi connectivity index (χ0n) is 16.7. The molecule has 1 aliphatic rings. The first-order valence-corrected chi connectivity index (χ1v) is 11.6. The van der Waals surface area contributed by atoms with Gasteiger partial charge in [0.05, 0.1) is 12.0 Å². The predicted molar refractivity (Wildman–Crippen MR) is 106 cm³/mol. The third kappa shape index (κ3) is 6.07. The van der Waals surface area contributed by atoms with Crippen molar-refractivity contribution in [2.24, 2.45) is 5.92 Å². The highest BCUT2D eigenvalue weighted by Crippen LogP contribution is 2.14. The highest BCUT2D eigenvalue weighted by atomic mass is 32.2. The predicted octanol–water partition coefficient (Wildman–Crippen LogP) is 1.70. The lowest BCUT2D eigenvalue weighted by atomic mass is 9.97. The van der Waals surface area contributed by atoms with Gasteiger partial charge in [-0.25, -0.2) is 8.42 Å². The van der Waals surface area contributed by atoms with Gasteiger partial charge in [0.15, 0.2) is 5.76 Å². The first kappa shape index (κ1) is 22.4. The summed E-state index contributed by atoms with van der Waals surface area (Å²) in [6.07, 6.45) is 4.93. The lowest BCUT2D eigenvalue weighted by Gasteiger charge is -2.33. The Hall–Kier alpha value is -1.87. The van der Waals surface area contributed by atoms with Crippen molar-refractivity contribution in [2.75, 3.05) is 38.5 Å². The maximum atomic E-state index is 12.5. The topological polar surface area (TPSA) is 99.9 Å². The van der Waals surface area contributed by atoms with Crippen LogP contribution < -0.4 is 5.32 Å². The largest absolute Gasteiger partial charge is 0.459 e. The summed E-state index contributed by atoms with van der Waals surface area (Å²) in [5.41, 5.74) is 0. The van der Waals surface area contributed by atoms with Crippen molar-refractivity contribution < 1.29 is 22.4 Å². The normalized spacial score (nSPS) is 15.8. The Morgan fingerprint density at radius 2 is 1.79 bits per heavy atom. The van der Waals surface area contributed by atoms with E-state index >= 15 is 0 Å². The average molecular weight is 414 g/mol. The van der Waals surface area contributed by atoms with Gasteiger partial charge in [0.2, 0.25) is 15.9 Å². The number of rotatable bonds is 10. The molecule has 9 heteroatoms. The van der Waals surface area contributed by atoms with E-state index in [0.717, 1.165) is 25.7 Å². The minimum Gasteiger partial charge on any atom is -0.459 e. The molecule has 0 radical (unpaired) electrons. The van der Waals surface area contributed by atoms with E-state index in [4.69, 9.17) is 4.42 Å². The molecule has 0 aromatic carbocycles. The number of piperazine rings is 1. The number of sulfonamides is 1. The van der Waals surface area contributed by atoms with Crippen molar-refractivity contribution in [1.29, 1.82) is 0 Å². The third-order valence-corrected chi connectivity index (χ3v) is 6.83. The minimum absolute atomic E-state index is 0.0473. The van der Waals surface area contributed by atoms with Crippen LogP contribution >= 0.6 is 0 Å². The number of hydrogen-bond donors (Lipinski definition) is 1. The number of nitrogens with zero attached hydrogens (tertiary/aromatic N) is 2. The average Bonchev–Trinajstić information content (AvgIpc) is 3.22. The summed E-state index contributed by atoms with van der Waals surface area (Å²) in [7, 11) is -3.47. The van der Waals surface area contributed by atoms with Gasteiger partial charge in [0.25, 0.3) is 5.91 Å². The van der Waals surface area contributed by atoms with Gasteiger partial charge >= 0.3 is 0 Å². The van der Waals surface area contributed by atoms with Gasteiger partial charge in [-0.15, -0.1) is 0 Å². The fraction of sp³-hybridized carbons (Fsp3) is 0.684. The summed E-state index contributed by atoms with van der Waals surface area (Å²) in [5, 5.41) is 2.77. The van der Waals surface area contributed by atoms with Gasteiger partial charge in [0, 0.05) is 38.6 Å². The quantitative estimate of drug-likeness (QED) is 0.629. The molecule has 1 aromatic heterocycles. The standard InChI is InChI=1S/C19H31N3O5S/c1-3-6-16(7-4-2)18(23)20-9-15-28(25,26)22-12-10-21(11-13-22)19(24)17-8-5-14-27-17/h5,8,14,16H,3-4,6-7,9-13,15H2,1-2H3,(H,20,23). The van der Waals surface area contributed by atoms with E-state index in [2.05, 4.69) is 5.32 Å². The molecule has 0 spiro atoms.